The highest BCUT2D eigenvalue weighted by atomic mass is 16.4. The molecule has 0 bridgehead atoms. The minimum Gasteiger partial charge on any atom is -0.477 e. The van der Waals surface area contributed by atoms with Gasteiger partial charge in [0.05, 0.1) is 12.1 Å². The summed E-state index contributed by atoms with van der Waals surface area (Å²) in [4.78, 5) is 22.4. The average molecular weight is 209 g/mol. The number of carboxylic acid groups (broad SMARTS) is 1. The van der Waals surface area contributed by atoms with Gasteiger partial charge in [0.1, 0.15) is 5.56 Å². The zero-order valence-electron chi connectivity index (χ0n) is 7.96. The summed E-state index contributed by atoms with van der Waals surface area (Å²) in [6.07, 6.45) is 2.35. The molecule has 1 heterocycles. The van der Waals surface area contributed by atoms with Crippen LogP contribution in [0.25, 0.3) is 0 Å². The highest BCUT2D eigenvalue weighted by Gasteiger charge is 2.31. The Morgan fingerprint density at radius 3 is 2.67 bits per heavy atom. The van der Waals surface area contributed by atoms with Gasteiger partial charge in [-0.25, -0.2) is 4.79 Å². The number of pyridine rings is 1. The maximum Gasteiger partial charge on any atom is 0.341 e. The van der Waals surface area contributed by atoms with Gasteiger partial charge in [0.15, 0.2) is 0 Å². The first kappa shape index (κ1) is 9.92. The van der Waals surface area contributed by atoms with Crippen LogP contribution in [-0.2, 0) is 0 Å². The molecule has 1 aromatic heterocycles. The minimum atomic E-state index is -1.23. The number of rotatable bonds is 2. The molecular formula is C10H11NO4. The Morgan fingerprint density at radius 2 is 2.20 bits per heavy atom. The molecule has 2 atom stereocenters. The Balaban J connectivity index is 2.45. The molecule has 0 radical (unpaired) electrons. The zero-order chi connectivity index (χ0) is 11.0. The van der Waals surface area contributed by atoms with Gasteiger partial charge in [0.25, 0.3) is 5.56 Å². The van der Waals surface area contributed by atoms with Crippen molar-refractivity contribution >= 4 is 5.97 Å². The molecular weight excluding hydrogens is 198 g/mol. The van der Waals surface area contributed by atoms with E-state index in [-0.39, 0.29) is 11.6 Å². The van der Waals surface area contributed by atoms with Crippen LogP contribution < -0.4 is 5.56 Å². The van der Waals surface area contributed by atoms with Crippen molar-refractivity contribution < 1.29 is 15.0 Å². The number of aliphatic hydroxyl groups is 1. The summed E-state index contributed by atoms with van der Waals surface area (Å²) in [6, 6.07) is 2.51. The van der Waals surface area contributed by atoms with Crippen LogP contribution in [-0.4, -0.2) is 26.9 Å². The summed E-state index contributed by atoms with van der Waals surface area (Å²) >= 11 is 0. The van der Waals surface area contributed by atoms with Gasteiger partial charge in [-0.15, -0.1) is 0 Å². The molecule has 5 heteroatoms. The van der Waals surface area contributed by atoms with E-state index < -0.39 is 17.6 Å². The quantitative estimate of drug-likeness (QED) is 0.731. The fourth-order valence-electron chi connectivity index (χ4n) is 1.72. The van der Waals surface area contributed by atoms with E-state index in [0.717, 1.165) is 0 Å². The van der Waals surface area contributed by atoms with Crippen LogP contribution in [0.3, 0.4) is 0 Å². The highest BCUT2D eigenvalue weighted by molar-refractivity contribution is 5.86. The lowest BCUT2D eigenvalue weighted by Crippen LogP contribution is -2.40. The SMILES string of the molecule is O=C(O)c1cccn(C2CC[C@@H]2O)c1=O. The van der Waals surface area contributed by atoms with Crippen molar-refractivity contribution in [2.45, 2.75) is 25.0 Å². The standard InChI is InChI=1S/C10H11NO4/c12-8-4-3-7(8)11-5-1-2-6(9(11)13)10(14)15/h1-2,5,7-8,12H,3-4H2,(H,14,15)/t7?,8-/m0/s1. The van der Waals surface area contributed by atoms with E-state index in [2.05, 4.69) is 0 Å². The van der Waals surface area contributed by atoms with Crippen LogP contribution in [0.15, 0.2) is 23.1 Å². The van der Waals surface area contributed by atoms with Gasteiger partial charge in [-0.2, -0.15) is 0 Å². The maximum atomic E-state index is 11.7. The predicted octanol–water partition coefficient (Wildman–Crippen LogP) is 0.242. The highest BCUT2D eigenvalue weighted by Crippen LogP contribution is 2.30. The normalized spacial score (nSPS) is 24.6. The topological polar surface area (TPSA) is 79.5 Å². The third-order valence-corrected chi connectivity index (χ3v) is 2.76. The van der Waals surface area contributed by atoms with Gasteiger partial charge in [-0.1, -0.05) is 0 Å². The number of aliphatic hydroxyl groups excluding tert-OH is 1. The number of carbonyl (C=O) groups is 1. The molecule has 0 saturated heterocycles. The molecule has 0 aliphatic heterocycles. The van der Waals surface area contributed by atoms with Gasteiger partial charge >= 0.3 is 5.97 Å². The Kier molecular flexibility index (Phi) is 2.32. The largest absolute Gasteiger partial charge is 0.477 e. The van der Waals surface area contributed by atoms with Gasteiger partial charge in [0.2, 0.25) is 0 Å². The lowest BCUT2D eigenvalue weighted by atomic mass is 9.89. The fourth-order valence-corrected chi connectivity index (χ4v) is 1.72. The summed E-state index contributed by atoms with van der Waals surface area (Å²) in [7, 11) is 0. The molecule has 1 saturated carbocycles. The van der Waals surface area contributed by atoms with E-state index in [1.54, 1.807) is 0 Å². The molecule has 5 nitrogen and oxygen atoms in total. The van der Waals surface area contributed by atoms with Crippen LogP contribution in [0.5, 0.6) is 0 Å². The number of hydrogen-bond donors (Lipinski definition) is 2. The molecule has 0 spiro atoms. The summed E-state index contributed by atoms with van der Waals surface area (Å²) in [5.41, 5.74) is -0.801. The van der Waals surface area contributed by atoms with Crippen molar-refractivity contribution in [2.75, 3.05) is 0 Å². The predicted molar refractivity (Wildman–Crippen MR) is 51.9 cm³/mol. The number of aromatic nitrogens is 1. The minimum absolute atomic E-state index is 0.253. The molecule has 15 heavy (non-hydrogen) atoms. The second-order valence-electron chi connectivity index (χ2n) is 3.65. The van der Waals surface area contributed by atoms with Crippen molar-refractivity contribution in [1.82, 2.24) is 4.57 Å². The van der Waals surface area contributed by atoms with Gasteiger partial charge in [0, 0.05) is 6.20 Å². The molecule has 0 amide bonds. The first-order valence-electron chi connectivity index (χ1n) is 4.74. The Bertz CT molecular complexity index is 451. The van der Waals surface area contributed by atoms with E-state index >= 15 is 0 Å². The van der Waals surface area contributed by atoms with Crippen LogP contribution in [0.4, 0.5) is 0 Å². The van der Waals surface area contributed by atoms with E-state index in [9.17, 15) is 14.7 Å². The zero-order valence-corrected chi connectivity index (χ0v) is 7.96. The van der Waals surface area contributed by atoms with Crippen LogP contribution in [0.2, 0.25) is 0 Å². The Labute approximate surface area is 85.6 Å². The Morgan fingerprint density at radius 1 is 1.47 bits per heavy atom. The molecule has 1 aliphatic carbocycles. The summed E-state index contributed by atoms with van der Waals surface area (Å²) in [5.74, 6) is -1.23. The molecule has 1 unspecified atom stereocenters. The Hall–Kier alpha value is -1.62. The van der Waals surface area contributed by atoms with Crippen molar-refractivity contribution in [3.63, 3.8) is 0 Å². The van der Waals surface area contributed by atoms with E-state index in [1.165, 1.54) is 22.9 Å². The van der Waals surface area contributed by atoms with E-state index in [0.29, 0.717) is 12.8 Å². The molecule has 0 aromatic carbocycles. The number of aromatic carboxylic acids is 1. The lowest BCUT2D eigenvalue weighted by Gasteiger charge is -2.33. The third-order valence-electron chi connectivity index (χ3n) is 2.76. The summed E-state index contributed by atoms with van der Waals surface area (Å²) in [5, 5.41) is 18.2. The van der Waals surface area contributed by atoms with Crippen molar-refractivity contribution in [1.29, 1.82) is 0 Å². The smallest absolute Gasteiger partial charge is 0.341 e. The van der Waals surface area contributed by atoms with E-state index in [4.69, 9.17) is 5.11 Å². The molecule has 80 valence electrons. The van der Waals surface area contributed by atoms with Crippen LogP contribution >= 0.6 is 0 Å². The number of nitrogens with zero attached hydrogens (tertiary/aromatic N) is 1. The molecule has 2 rings (SSSR count). The van der Waals surface area contributed by atoms with Gasteiger partial charge in [-0.05, 0) is 25.0 Å². The molecule has 1 aliphatic rings. The first-order chi connectivity index (χ1) is 7.11. The molecule has 1 aromatic rings. The number of carboxylic acids is 1. The maximum absolute atomic E-state index is 11.7. The lowest BCUT2D eigenvalue weighted by molar-refractivity contribution is 0.0294. The van der Waals surface area contributed by atoms with Crippen LogP contribution in [0.1, 0.15) is 29.2 Å². The monoisotopic (exact) mass is 209 g/mol. The molecule has 1 fully saturated rings. The molecule has 2 N–H and O–H groups in total. The van der Waals surface area contributed by atoms with Crippen molar-refractivity contribution in [3.8, 4) is 0 Å². The summed E-state index contributed by atoms with van der Waals surface area (Å²) < 4.78 is 1.30. The third kappa shape index (κ3) is 1.55. The fraction of sp³-hybridized carbons (Fsp3) is 0.400. The average Bonchev–Trinajstić information content (AvgIpc) is 2.18. The van der Waals surface area contributed by atoms with Gasteiger partial charge in [-0.3, -0.25) is 4.79 Å². The second kappa shape index (κ2) is 3.51. The first-order valence-corrected chi connectivity index (χ1v) is 4.74. The van der Waals surface area contributed by atoms with Crippen molar-refractivity contribution in [3.05, 3.63) is 34.2 Å². The van der Waals surface area contributed by atoms with Gasteiger partial charge < -0.3 is 14.8 Å². The second-order valence-corrected chi connectivity index (χ2v) is 3.65. The van der Waals surface area contributed by atoms with Crippen molar-refractivity contribution in [2.24, 2.45) is 0 Å². The summed E-state index contributed by atoms with van der Waals surface area (Å²) in [6.45, 7) is 0. The van der Waals surface area contributed by atoms with Crippen LogP contribution in [0, 0.1) is 0 Å². The van der Waals surface area contributed by atoms with E-state index in [1.807, 2.05) is 0 Å². The number of hydrogen-bond acceptors (Lipinski definition) is 3.